The minimum absolute atomic E-state index is 0.0317. The van der Waals surface area contributed by atoms with E-state index in [-0.39, 0.29) is 21.9 Å². The van der Waals surface area contributed by atoms with Gasteiger partial charge in [0.25, 0.3) is 0 Å². The van der Waals surface area contributed by atoms with E-state index in [4.69, 9.17) is 0 Å². The number of rotatable bonds is 7. The summed E-state index contributed by atoms with van der Waals surface area (Å²) < 4.78 is 66.6. The first-order chi connectivity index (χ1) is 16.4. The average molecular weight is 535 g/mol. The van der Waals surface area contributed by atoms with Crippen LogP contribution in [0.25, 0.3) is 21.5 Å². The molecule has 0 spiro atoms. The Labute approximate surface area is 207 Å². The second kappa shape index (κ2) is 9.25. The zero-order valence-corrected chi connectivity index (χ0v) is 21.9. The van der Waals surface area contributed by atoms with Gasteiger partial charge < -0.3 is 0 Å². The lowest BCUT2D eigenvalue weighted by Gasteiger charge is -2.21. The van der Waals surface area contributed by atoms with Crippen LogP contribution in [-0.4, -0.2) is 45.1 Å². The quantitative estimate of drug-likeness (QED) is 0.346. The molecule has 184 valence electrons. The number of nitrogens with zero attached hydrogens (tertiary/aromatic N) is 4. The van der Waals surface area contributed by atoms with Crippen molar-refractivity contribution in [2.75, 3.05) is 17.6 Å². The van der Waals surface area contributed by atoms with Crippen LogP contribution in [0.1, 0.15) is 31.0 Å². The molecule has 4 aromatic rings. The Balaban J connectivity index is 1.94. The monoisotopic (exact) mass is 534 g/mol. The Bertz CT molecular complexity index is 1580. The summed E-state index contributed by atoms with van der Waals surface area (Å²) in [6.07, 6.45) is 1.02. The molecule has 0 fully saturated rings. The molecule has 35 heavy (non-hydrogen) atoms. The van der Waals surface area contributed by atoms with E-state index >= 15 is 0 Å². The van der Waals surface area contributed by atoms with Crippen molar-refractivity contribution in [1.29, 1.82) is 0 Å². The van der Waals surface area contributed by atoms with Gasteiger partial charge in [-0.1, -0.05) is 26.0 Å². The average Bonchev–Trinajstić information content (AvgIpc) is 3.24. The van der Waals surface area contributed by atoms with E-state index < -0.39 is 31.4 Å². The number of hydrogen-bond donors (Lipinski definition) is 0. The second-order valence-electron chi connectivity index (χ2n) is 8.33. The summed E-state index contributed by atoms with van der Waals surface area (Å²) in [5.41, 5.74) is 1.94. The number of benzene rings is 2. The van der Waals surface area contributed by atoms with Gasteiger partial charge in [0.05, 0.1) is 33.6 Å². The predicted octanol–water partition coefficient (Wildman–Crippen LogP) is 4.39. The Morgan fingerprint density at radius 1 is 0.971 bits per heavy atom. The molecule has 0 aliphatic carbocycles. The van der Waals surface area contributed by atoms with Gasteiger partial charge in [0, 0.05) is 18.2 Å². The van der Waals surface area contributed by atoms with E-state index in [2.05, 4.69) is 15.0 Å². The Kier molecular flexibility index (Phi) is 6.64. The number of sulfonamides is 1. The molecule has 0 N–H and O–H groups in total. The molecule has 12 heteroatoms. The minimum atomic E-state index is -3.91. The molecule has 2 aromatic heterocycles. The highest BCUT2D eigenvalue weighted by atomic mass is 32.2. The molecule has 2 heterocycles. The van der Waals surface area contributed by atoms with Crippen LogP contribution in [-0.2, 0) is 25.6 Å². The molecule has 0 aliphatic heterocycles. The van der Waals surface area contributed by atoms with Crippen LogP contribution in [0.5, 0.6) is 0 Å². The fourth-order valence-electron chi connectivity index (χ4n) is 3.48. The lowest BCUT2D eigenvalue weighted by atomic mass is 9.99. The topological polar surface area (TPSA) is 110 Å². The third kappa shape index (κ3) is 5.19. The maximum absolute atomic E-state index is 13.6. The third-order valence-corrected chi connectivity index (χ3v) is 9.64. The summed E-state index contributed by atoms with van der Waals surface area (Å²) >= 11 is 1.08. The molecule has 0 aliphatic rings. The van der Waals surface area contributed by atoms with Gasteiger partial charge in [-0.05, 0) is 42.3 Å². The predicted molar refractivity (Wildman–Crippen MR) is 135 cm³/mol. The lowest BCUT2D eigenvalue weighted by molar-refractivity contribution is 0.592. The van der Waals surface area contributed by atoms with E-state index in [1.165, 1.54) is 31.3 Å². The Morgan fingerprint density at radius 2 is 1.63 bits per heavy atom. The smallest absolute Gasteiger partial charge is 0.239 e. The van der Waals surface area contributed by atoms with Crippen LogP contribution >= 0.6 is 11.3 Å². The largest absolute Gasteiger partial charge is 0.241 e. The first kappa shape index (κ1) is 25.1. The van der Waals surface area contributed by atoms with Crippen molar-refractivity contribution < 1.29 is 21.2 Å². The van der Waals surface area contributed by atoms with E-state index in [0.29, 0.717) is 22.3 Å². The number of hydrogen-bond acceptors (Lipinski definition) is 8. The van der Waals surface area contributed by atoms with Crippen LogP contribution in [0.4, 0.5) is 10.3 Å². The molecule has 4 rings (SSSR count). The Morgan fingerprint density at radius 3 is 2.23 bits per heavy atom. The van der Waals surface area contributed by atoms with Crippen LogP contribution in [0.2, 0.25) is 0 Å². The van der Waals surface area contributed by atoms with Crippen LogP contribution < -0.4 is 4.31 Å². The fraction of sp³-hybridized carbons (Fsp3) is 0.261. The summed E-state index contributed by atoms with van der Waals surface area (Å²) in [5.74, 6) is -1.28. The fourth-order valence-corrected chi connectivity index (χ4v) is 6.54. The first-order valence-corrected chi connectivity index (χ1v) is 14.9. The molecule has 0 radical (unpaired) electrons. The number of sulfone groups is 1. The molecule has 0 bridgehead atoms. The first-order valence-electron chi connectivity index (χ1n) is 10.6. The highest BCUT2D eigenvalue weighted by Crippen LogP contribution is 2.34. The van der Waals surface area contributed by atoms with Crippen molar-refractivity contribution in [3.63, 3.8) is 0 Å². The van der Waals surface area contributed by atoms with E-state index in [1.54, 1.807) is 18.2 Å². The molecule has 0 unspecified atom stereocenters. The van der Waals surface area contributed by atoms with Gasteiger partial charge in [0.1, 0.15) is 5.82 Å². The maximum Gasteiger partial charge on any atom is 0.239 e. The minimum Gasteiger partial charge on any atom is -0.241 e. The van der Waals surface area contributed by atoms with Crippen LogP contribution in [0.15, 0.2) is 52.9 Å². The van der Waals surface area contributed by atoms with E-state index in [9.17, 15) is 21.2 Å². The number of fused-ring (bicyclic) bond motifs is 1. The van der Waals surface area contributed by atoms with Crippen LogP contribution in [0, 0.1) is 5.82 Å². The highest BCUT2D eigenvalue weighted by molar-refractivity contribution is 7.92. The number of para-hydroxylation sites is 1. The number of thiazole rings is 1. The third-order valence-electron chi connectivity index (χ3n) is 5.35. The molecule has 0 saturated heterocycles. The SMILES string of the molecule is CC(C)c1nc(N(C)S(C)(=O)=O)nc(-c2ccc(F)cc2)c1CS(=O)(=O)c1nc2ccccc2s1. The van der Waals surface area contributed by atoms with Crippen molar-refractivity contribution in [3.8, 4) is 11.3 Å². The maximum atomic E-state index is 13.6. The van der Waals surface area contributed by atoms with Gasteiger partial charge in [-0.15, -0.1) is 11.3 Å². The van der Waals surface area contributed by atoms with E-state index in [0.717, 1.165) is 26.6 Å². The molecular weight excluding hydrogens is 511 g/mol. The van der Waals surface area contributed by atoms with Crippen molar-refractivity contribution in [2.45, 2.75) is 29.9 Å². The number of halogens is 1. The molecule has 2 aromatic carbocycles. The molecule has 0 atom stereocenters. The normalized spacial score (nSPS) is 12.4. The van der Waals surface area contributed by atoms with Crippen molar-refractivity contribution >= 4 is 47.4 Å². The molecular formula is C23H23FN4O4S3. The standard InChI is InChI=1S/C23H23FN4O4S3/c1-14(2)20-17(13-35(31,32)23-25-18-7-5-6-8-19(18)33-23)21(15-9-11-16(24)12-10-15)27-22(26-20)28(3)34(4,29)30/h5-12,14H,13H2,1-4H3. The van der Waals surface area contributed by atoms with Gasteiger partial charge >= 0.3 is 0 Å². The van der Waals surface area contributed by atoms with Crippen molar-refractivity contribution in [1.82, 2.24) is 15.0 Å². The molecule has 0 saturated carbocycles. The zero-order chi connectivity index (χ0) is 25.5. The second-order valence-corrected chi connectivity index (χ2v) is 13.5. The Hall–Kier alpha value is -2.96. The van der Waals surface area contributed by atoms with E-state index in [1.807, 2.05) is 19.9 Å². The summed E-state index contributed by atoms with van der Waals surface area (Å²) in [4.78, 5) is 13.2. The van der Waals surface area contributed by atoms with Crippen LogP contribution in [0.3, 0.4) is 0 Å². The van der Waals surface area contributed by atoms with Crippen molar-refractivity contribution in [2.24, 2.45) is 0 Å². The lowest BCUT2D eigenvalue weighted by Crippen LogP contribution is -2.28. The summed E-state index contributed by atoms with van der Waals surface area (Å²) in [6, 6.07) is 12.6. The molecule has 8 nitrogen and oxygen atoms in total. The number of aromatic nitrogens is 3. The summed E-state index contributed by atoms with van der Waals surface area (Å²) in [6.45, 7) is 3.66. The zero-order valence-electron chi connectivity index (χ0n) is 19.4. The highest BCUT2D eigenvalue weighted by Gasteiger charge is 2.28. The van der Waals surface area contributed by atoms with Gasteiger partial charge in [-0.2, -0.15) is 0 Å². The van der Waals surface area contributed by atoms with Gasteiger partial charge in [-0.25, -0.2) is 40.5 Å². The summed E-state index contributed by atoms with van der Waals surface area (Å²) in [5, 5.41) is 0. The number of anilines is 1. The van der Waals surface area contributed by atoms with Gasteiger partial charge in [0.2, 0.25) is 30.1 Å². The van der Waals surface area contributed by atoms with Crippen molar-refractivity contribution in [3.05, 3.63) is 65.6 Å². The summed E-state index contributed by atoms with van der Waals surface area (Å²) in [7, 11) is -6.28. The molecule has 0 amide bonds. The van der Waals surface area contributed by atoms with Gasteiger partial charge in [-0.3, -0.25) is 0 Å². The van der Waals surface area contributed by atoms with Gasteiger partial charge in [0.15, 0.2) is 0 Å².